The molecule has 12 heterocycles. The van der Waals surface area contributed by atoms with E-state index in [4.69, 9.17) is 63.2 Å². The fourth-order valence-corrected chi connectivity index (χ4v) is 12.0. The van der Waals surface area contributed by atoms with Crippen LogP contribution in [-0.4, -0.2) is 153 Å². The Bertz CT molecular complexity index is 3730. The van der Waals surface area contributed by atoms with Crippen LogP contribution in [-0.2, 0) is 52.6 Å². The highest BCUT2D eigenvalue weighted by atomic mass is 35.5. The zero-order valence-corrected chi connectivity index (χ0v) is 55.0. The molecule has 516 valence electrons. The minimum Gasteiger partial charge on any atom is -0.477 e. The molecule has 3 aliphatic heterocycles. The van der Waals surface area contributed by atoms with Gasteiger partial charge in [0.1, 0.15) is 51.6 Å². The Balaban J connectivity index is 0.000000157. The third-order valence-corrected chi connectivity index (χ3v) is 16.7. The first-order valence-corrected chi connectivity index (χ1v) is 31.9. The fourth-order valence-electron chi connectivity index (χ4n) is 11.6. The van der Waals surface area contributed by atoms with Crippen molar-refractivity contribution < 1.29 is 67.9 Å². The minimum atomic E-state index is -4.58. The number of fused-ring (bicyclic) bond motifs is 3. The van der Waals surface area contributed by atoms with Crippen molar-refractivity contribution in [3.63, 3.8) is 0 Å². The lowest BCUT2D eigenvalue weighted by Crippen LogP contribution is -2.23. The number of hydrogen-bond acceptors (Lipinski definition) is 21. The summed E-state index contributed by atoms with van der Waals surface area (Å²) in [6.45, 7) is 16.0. The molecule has 96 heavy (non-hydrogen) atoms. The molecular formula is C60H66Cl3F9N18O6. The van der Waals surface area contributed by atoms with Crippen LogP contribution in [0.4, 0.5) is 57.4 Å². The van der Waals surface area contributed by atoms with Gasteiger partial charge in [-0.2, -0.15) is 54.5 Å². The van der Waals surface area contributed by atoms with Gasteiger partial charge in [0, 0.05) is 95.4 Å². The lowest BCUT2D eigenvalue weighted by molar-refractivity contribution is -0.138. The molecule has 0 aliphatic carbocycles. The molecule has 9 aromatic rings. The van der Waals surface area contributed by atoms with Gasteiger partial charge in [-0.25, -0.2) is 15.0 Å². The molecule has 0 radical (unpaired) electrons. The van der Waals surface area contributed by atoms with Crippen molar-refractivity contribution in [2.75, 3.05) is 93.6 Å². The number of ether oxygens (including phenoxy) is 6. The predicted octanol–water partition coefficient (Wildman–Crippen LogP) is 12.4. The van der Waals surface area contributed by atoms with E-state index >= 15 is 0 Å². The Hall–Kier alpha value is -7.98. The Morgan fingerprint density at radius 3 is 0.917 bits per heavy atom. The van der Waals surface area contributed by atoms with Crippen LogP contribution >= 0.6 is 34.8 Å². The van der Waals surface area contributed by atoms with Crippen molar-refractivity contribution in [3.8, 4) is 17.6 Å². The van der Waals surface area contributed by atoms with Gasteiger partial charge in [-0.05, 0) is 95.7 Å². The summed E-state index contributed by atoms with van der Waals surface area (Å²) in [6, 6.07) is 4.49. The van der Waals surface area contributed by atoms with E-state index in [0.717, 1.165) is 0 Å². The van der Waals surface area contributed by atoms with Gasteiger partial charge in [-0.3, -0.25) is 13.2 Å². The van der Waals surface area contributed by atoms with E-state index in [1.807, 2.05) is 35.5 Å². The van der Waals surface area contributed by atoms with Gasteiger partial charge in [0.15, 0.2) is 34.4 Å². The molecule has 0 saturated carbocycles. The van der Waals surface area contributed by atoms with E-state index in [1.165, 1.54) is 50.0 Å². The molecule has 12 rings (SSSR count). The summed E-state index contributed by atoms with van der Waals surface area (Å²) in [5.74, 6) is 1.72. The average molecular weight is 1410 g/mol. The SMILES string of the molecule is CCOCc1nnc2c(C(F)(F)F)c(C3CCN(c4ncc(Cl)c(OCC)n4)C3)ccn12.CCOCc1nnc2c(C(F)(F)F)c(C3CCN(c4ncc(Cl)c(OCC)n4)C3)ccn12.CCOCc1nnc2c(C(F)(F)F)c(C3CCN(c4ncc(Cl)c(OCC)n4)C3)ccn12. The molecule has 3 unspecified atom stereocenters. The van der Waals surface area contributed by atoms with Crippen LogP contribution in [0.1, 0.15) is 129 Å². The molecule has 3 aliphatic rings. The molecule has 3 saturated heterocycles. The van der Waals surface area contributed by atoms with Crippen LogP contribution in [0, 0.1) is 0 Å². The van der Waals surface area contributed by atoms with Crippen LogP contribution in [0.2, 0.25) is 15.1 Å². The number of halogens is 12. The molecule has 3 atom stereocenters. The summed E-state index contributed by atoms with van der Waals surface area (Å²) in [5, 5.41) is 24.1. The van der Waals surface area contributed by atoms with Crippen molar-refractivity contribution in [1.29, 1.82) is 0 Å². The summed E-state index contributed by atoms with van der Waals surface area (Å²) in [7, 11) is 0. The average Bonchev–Trinajstić information content (AvgIpc) is 1.56. The maximum absolute atomic E-state index is 14.1. The highest BCUT2D eigenvalue weighted by Crippen LogP contribution is 2.45. The van der Waals surface area contributed by atoms with Gasteiger partial charge in [0.05, 0.1) is 38.4 Å². The topological polar surface area (TPSA) is 233 Å². The van der Waals surface area contributed by atoms with E-state index in [9.17, 15) is 39.5 Å². The standard InChI is InChI=1S/3C20H22ClF3N6O2/c3*1-3-31-11-15-27-28-17-16(20(22,23)24)13(6-8-30(15)17)12-5-7-29(10-12)19-25-9-14(21)18(26-19)32-4-2/h3*6,8-9,12H,3-5,7,10-11H2,1-2H3. The first-order valence-electron chi connectivity index (χ1n) is 30.7. The fraction of sp³-hybridized carbons (Fsp3) is 0.500. The van der Waals surface area contributed by atoms with Crippen molar-refractivity contribution in [2.45, 2.75) is 117 Å². The van der Waals surface area contributed by atoms with Gasteiger partial charge < -0.3 is 43.1 Å². The molecule has 3 fully saturated rings. The summed E-state index contributed by atoms with van der Waals surface area (Å²) in [6.07, 6.45) is -3.20. The monoisotopic (exact) mass is 1410 g/mol. The maximum atomic E-state index is 14.1. The third-order valence-electron chi connectivity index (χ3n) is 15.9. The number of hydrogen-bond donors (Lipinski definition) is 0. The Labute approximate surface area is 558 Å². The Kier molecular flexibility index (Phi) is 22.6. The Morgan fingerprint density at radius 1 is 0.406 bits per heavy atom. The first-order chi connectivity index (χ1) is 46.0. The van der Waals surface area contributed by atoms with E-state index in [0.29, 0.717) is 133 Å². The summed E-state index contributed by atoms with van der Waals surface area (Å²) in [5.41, 5.74) is -2.42. The number of anilines is 3. The normalized spacial score (nSPS) is 16.8. The molecule has 0 amide bonds. The van der Waals surface area contributed by atoms with Gasteiger partial charge in [-0.15, -0.1) is 30.6 Å². The van der Waals surface area contributed by atoms with E-state index in [2.05, 4.69) is 60.5 Å². The van der Waals surface area contributed by atoms with Crippen LogP contribution in [0.3, 0.4) is 0 Å². The molecule has 9 aromatic heterocycles. The lowest BCUT2D eigenvalue weighted by Gasteiger charge is -2.20. The molecular weight excluding hydrogens is 1350 g/mol. The lowest BCUT2D eigenvalue weighted by atomic mass is 9.94. The second kappa shape index (κ2) is 30.6. The van der Waals surface area contributed by atoms with Gasteiger partial charge in [0.25, 0.3) is 0 Å². The zero-order valence-electron chi connectivity index (χ0n) is 52.7. The largest absolute Gasteiger partial charge is 0.477 e. The predicted molar refractivity (Wildman–Crippen MR) is 333 cm³/mol. The van der Waals surface area contributed by atoms with Crippen LogP contribution in [0.15, 0.2) is 55.4 Å². The third kappa shape index (κ3) is 15.7. The van der Waals surface area contributed by atoms with Gasteiger partial charge in [0.2, 0.25) is 35.5 Å². The van der Waals surface area contributed by atoms with Gasteiger partial charge in [-0.1, -0.05) is 34.8 Å². The second-order valence-corrected chi connectivity index (χ2v) is 23.1. The Morgan fingerprint density at radius 2 is 0.677 bits per heavy atom. The smallest absolute Gasteiger partial charge is 0.420 e. The highest BCUT2D eigenvalue weighted by molar-refractivity contribution is 6.32. The zero-order chi connectivity index (χ0) is 68.6. The van der Waals surface area contributed by atoms with E-state index in [-0.39, 0.29) is 104 Å². The molecule has 0 spiro atoms. The number of aromatic nitrogens is 15. The summed E-state index contributed by atoms with van der Waals surface area (Å²) in [4.78, 5) is 31.1. The molecule has 24 nitrogen and oxygen atoms in total. The molecule has 0 aromatic carbocycles. The van der Waals surface area contributed by atoms with E-state index < -0.39 is 35.2 Å². The van der Waals surface area contributed by atoms with Crippen molar-refractivity contribution in [1.82, 2.24) is 73.7 Å². The van der Waals surface area contributed by atoms with Gasteiger partial charge >= 0.3 is 18.5 Å². The quantitative estimate of drug-likeness (QED) is 0.0608. The highest BCUT2D eigenvalue weighted by Gasteiger charge is 2.44. The number of alkyl halides is 9. The maximum Gasteiger partial charge on any atom is 0.420 e. The number of nitrogens with zero attached hydrogens (tertiary/aromatic N) is 18. The van der Waals surface area contributed by atoms with Crippen LogP contribution in [0.5, 0.6) is 17.6 Å². The summed E-state index contributed by atoms with van der Waals surface area (Å²) >= 11 is 18.1. The van der Waals surface area contributed by atoms with Crippen LogP contribution < -0.4 is 28.9 Å². The van der Waals surface area contributed by atoms with E-state index in [1.54, 1.807) is 39.4 Å². The van der Waals surface area contributed by atoms with Crippen molar-refractivity contribution in [2.24, 2.45) is 0 Å². The number of rotatable bonds is 21. The van der Waals surface area contributed by atoms with Crippen molar-refractivity contribution in [3.05, 3.63) is 121 Å². The molecule has 36 heteroatoms. The number of pyridine rings is 3. The molecule has 0 bridgehead atoms. The minimum absolute atomic E-state index is 0.0849. The van der Waals surface area contributed by atoms with Crippen LogP contribution in [0.25, 0.3) is 16.9 Å². The van der Waals surface area contributed by atoms with Crippen molar-refractivity contribution >= 4 is 69.6 Å². The summed E-state index contributed by atoms with van der Waals surface area (Å²) < 4.78 is 163. The molecule has 0 N–H and O–H groups in total. The second-order valence-electron chi connectivity index (χ2n) is 21.8. The first kappa shape index (κ1) is 70.8.